The van der Waals surface area contributed by atoms with Gasteiger partial charge in [-0.15, -0.1) is 0 Å². The van der Waals surface area contributed by atoms with E-state index in [0.29, 0.717) is 0 Å². The van der Waals surface area contributed by atoms with Crippen LogP contribution >= 0.6 is 15.9 Å². The van der Waals surface area contributed by atoms with E-state index in [9.17, 15) is 0 Å². The van der Waals surface area contributed by atoms with Crippen LogP contribution in [0.1, 0.15) is 17.2 Å². The zero-order chi connectivity index (χ0) is 10.7. The Bertz CT molecular complexity index is 425. The van der Waals surface area contributed by atoms with Crippen LogP contribution in [0.25, 0.3) is 0 Å². The summed E-state index contributed by atoms with van der Waals surface area (Å²) in [6, 6.07) is 10.0. The molecule has 1 atom stereocenters. The Morgan fingerprint density at radius 2 is 2.07 bits per heavy atom. The molecule has 2 aromatic rings. The van der Waals surface area contributed by atoms with E-state index >= 15 is 0 Å². The van der Waals surface area contributed by atoms with Crippen LogP contribution < -0.4 is 5.73 Å². The summed E-state index contributed by atoms with van der Waals surface area (Å²) in [5.74, 6) is 0. The van der Waals surface area contributed by atoms with Crippen molar-refractivity contribution in [2.75, 3.05) is 0 Å². The van der Waals surface area contributed by atoms with E-state index in [2.05, 4.69) is 22.0 Å². The summed E-state index contributed by atoms with van der Waals surface area (Å²) in [7, 11) is 0. The average Bonchev–Trinajstić information content (AvgIpc) is 2.74. The minimum absolute atomic E-state index is 0.0116. The minimum Gasteiger partial charge on any atom is -0.472 e. The Labute approximate surface area is 97.2 Å². The SMILES string of the molecule is NC(Cc1ccccc1Br)c1ccoc1. The maximum absolute atomic E-state index is 6.06. The van der Waals surface area contributed by atoms with Crippen LogP contribution in [0.15, 0.2) is 51.7 Å². The summed E-state index contributed by atoms with van der Waals surface area (Å²) >= 11 is 3.51. The third kappa shape index (κ3) is 2.49. The van der Waals surface area contributed by atoms with Crippen molar-refractivity contribution in [3.05, 3.63) is 58.5 Å². The highest BCUT2D eigenvalue weighted by Crippen LogP contribution is 2.22. The highest BCUT2D eigenvalue weighted by Gasteiger charge is 2.09. The van der Waals surface area contributed by atoms with Gasteiger partial charge in [-0.2, -0.15) is 0 Å². The number of furan rings is 1. The van der Waals surface area contributed by atoms with E-state index in [0.717, 1.165) is 16.5 Å². The third-order valence-electron chi connectivity index (χ3n) is 2.37. The van der Waals surface area contributed by atoms with Crippen molar-refractivity contribution in [3.8, 4) is 0 Å². The zero-order valence-electron chi connectivity index (χ0n) is 8.19. The number of rotatable bonds is 3. The van der Waals surface area contributed by atoms with E-state index in [1.54, 1.807) is 12.5 Å². The number of halogens is 1. The van der Waals surface area contributed by atoms with Gasteiger partial charge in [-0.3, -0.25) is 0 Å². The van der Waals surface area contributed by atoms with Gasteiger partial charge in [0.2, 0.25) is 0 Å². The fourth-order valence-electron chi connectivity index (χ4n) is 1.50. The average molecular weight is 266 g/mol. The Balaban J connectivity index is 2.13. The molecule has 0 fully saturated rings. The van der Waals surface area contributed by atoms with Crippen LogP contribution in [0.5, 0.6) is 0 Å². The molecule has 2 N–H and O–H groups in total. The Morgan fingerprint density at radius 1 is 1.27 bits per heavy atom. The lowest BCUT2D eigenvalue weighted by molar-refractivity contribution is 0.558. The number of nitrogens with two attached hydrogens (primary N) is 1. The fourth-order valence-corrected chi connectivity index (χ4v) is 1.95. The topological polar surface area (TPSA) is 39.2 Å². The smallest absolute Gasteiger partial charge is 0.0950 e. The first-order valence-corrected chi connectivity index (χ1v) is 5.58. The van der Waals surface area contributed by atoms with Gasteiger partial charge in [0.15, 0.2) is 0 Å². The lowest BCUT2D eigenvalue weighted by atomic mass is 10.0. The lowest BCUT2D eigenvalue weighted by Gasteiger charge is -2.10. The second-order valence-electron chi connectivity index (χ2n) is 3.46. The van der Waals surface area contributed by atoms with Crippen molar-refractivity contribution >= 4 is 15.9 Å². The number of hydrogen-bond acceptors (Lipinski definition) is 2. The lowest BCUT2D eigenvalue weighted by Crippen LogP contribution is -2.12. The van der Waals surface area contributed by atoms with Crippen molar-refractivity contribution in [1.29, 1.82) is 0 Å². The maximum Gasteiger partial charge on any atom is 0.0950 e. The summed E-state index contributed by atoms with van der Waals surface area (Å²) in [6.45, 7) is 0. The molecule has 2 rings (SSSR count). The van der Waals surface area contributed by atoms with Crippen LogP contribution in [0.3, 0.4) is 0 Å². The van der Waals surface area contributed by atoms with E-state index in [4.69, 9.17) is 10.2 Å². The summed E-state index contributed by atoms with van der Waals surface area (Å²) in [5, 5.41) is 0. The normalized spacial score (nSPS) is 12.7. The molecule has 2 nitrogen and oxygen atoms in total. The van der Waals surface area contributed by atoms with Gasteiger partial charge in [-0.05, 0) is 24.1 Å². The molecule has 0 aliphatic rings. The molecule has 0 amide bonds. The summed E-state index contributed by atoms with van der Waals surface area (Å²) in [6.07, 6.45) is 4.15. The van der Waals surface area contributed by atoms with Crippen molar-refractivity contribution < 1.29 is 4.42 Å². The molecule has 0 spiro atoms. The first-order valence-electron chi connectivity index (χ1n) is 4.78. The van der Waals surface area contributed by atoms with Gasteiger partial charge in [-0.25, -0.2) is 0 Å². The molecular formula is C12H12BrNO. The standard InChI is InChI=1S/C12H12BrNO/c13-11-4-2-1-3-9(11)7-12(14)10-5-6-15-8-10/h1-6,8,12H,7,14H2. The molecule has 3 heteroatoms. The van der Waals surface area contributed by atoms with Gasteiger partial charge in [0, 0.05) is 16.1 Å². The molecule has 0 aliphatic carbocycles. The Morgan fingerprint density at radius 3 is 2.73 bits per heavy atom. The molecule has 0 bridgehead atoms. The van der Waals surface area contributed by atoms with E-state index in [1.165, 1.54) is 5.56 Å². The second kappa shape index (κ2) is 4.64. The van der Waals surface area contributed by atoms with Crippen molar-refractivity contribution in [3.63, 3.8) is 0 Å². The van der Waals surface area contributed by atoms with Crippen LogP contribution in [0, 0.1) is 0 Å². The van der Waals surface area contributed by atoms with E-state index in [-0.39, 0.29) is 6.04 Å². The van der Waals surface area contributed by atoms with Gasteiger partial charge in [0.25, 0.3) is 0 Å². The highest BCUT2D eigenvalue weighted by molar-refractivity contribution is 9.10. The minimum atomic E-state index is -0.0116. The first kappa shape index (κ1) is 10.5. The zero-order valence-corrected chi connectivity index (χ0v) is 9.78. The highest BCUT2D eigenvalue weighted by atomic mass is 79.9. The molecule has 1 unspecified atom stereocenters. The molecule has 0 saturated carbocycles. The molecule has 0 radical (unpaired) electrons. The van der Waals surface area contributed by atoms with Gasteiger partial charge in [0.05, 0.1) is 12.5 Å². The number of benzene rings is 1. The molecule has 1 aromatic heterocycles. The molecule has 0 aliphatic heterocycles. The molecule has 15 heavy (non-hydrogen) atoms. The summed E-state index contributed by atoms with van der Waals surface area (Å²) in [5.41, 5.74) is 8.31. The van der Waals surface area contributed by atoms with Crippen LogP contribution in [-0.4, -0.2) is 0 Å². The van der Waals surface area contributed by atoms with Crippen molar-refractivity contribution in [2.24, 2.45) is 5.73 Å². The number of hydrogen-bond donors (Lipinski definition) is 1. The van der Waals surface area contributed by atoms with E-state index in [1.807, 2.05) is 24.3 Å². The predicted octanol–water partition coefficient (Wildman–Crippen LogP) is 3.28. The molecular weight excluding hydrogens is 254 g/mol. The Hall–Kier alpha value is -1.06. The summed E-state index contributed by atoms with van der Waals surface area (Å²) < 4.78 is 6.11. The quantitative estimate of drug-likeness (QED) is 0.925. The third-order valence-corrected chi connectivity index (χ3v) is 3.14. The van der Waals surface area contributed by atoms with Crippen molar-refractivity contribution in [1.82, 2.24) is 0 Å². The monoisotopic (exact) mass is 265 g/mol. The van der Waals surface area contributed by atoms with E-state index < -0.39 is 0 Å². The van der Waals surface area contributed by atoms with Gasteiger partial charge in [0.1, 0.15) is 0 Å². The van der Waals surface area contributed by atoms with Crippen molar-refractivity contribution in [2.45, 2.75) is 12.5 Å². The van der Waals surface area contributed by atoms with Crippen LogP contribution in [-0.2, 0) is 6.42 Å². The van der Waals surface area contributed by atoms with Gasteiger partial charge in [-0.1, -0.05) is 34.1 Å². The molecule has 1 aromatic carbocycles. The Kier molecular flexibility index (Phi) is 3.23. The molecule has 0 saturated heterocycles. The maximum atomic E-state index is 6.06. The summed E-state index contributed by atoms with van der Waals surface area (Å²) in [4.78, 5) is 0. The van der Waals surface area contributed by atoms with Gasteiger partial charge < -0.3 is 10.2 Å². The first-order chi connectivity index (χ1) is 7.27. The van der Waals surface area contributed by atoms with Crippen LogP contribution in [0.4, 0.5) is 0 Å². The fraction of sp³-hybridized carbons (Fsp3) is 0.167. The largest absolute Gasteiger partial charge is 0.472 e. The molecule has 1 heterocycles. The second-order valence-corrected chi connectivity index (χ2v) is 4.31. The van der Waals surface area contributed by atoms with Crippen LogP contribution in [0.2, 0.25) is 0 Å². The predicted molar refractivity (Wildman–Crippen MR) is 63.5 cm³/mol. The molecule has 78 valence electrons. The van der Waals surface area contributed by atoms with Gasteiger partial charge >= 0.3 is 0 Å².